The number of fused-ring (bicyclic) bond motifs is 1. The maximum absolute atomic E-state index is 9.28. The second-order valence-corrected chi connectivity index (χ2v) is 3.32. The highest BCUT2D eigenvalue weighted by Crippen LogP contribution is 2.13. The third-order valence-corrected chi connectivity index (χ3v) is 2.26. The van der Waals surface area contributed by atoms with E-state index < -0.39 is 6.10 Å². The molecule has 0 aliphatic carbocycles. The second kappa shape index (κ2) is 4.41. The quantitative estimate of drug-likeness (QED) is 0.657. The van der Waals surface area contributed by atoms with Gasteiger partial charge in [0, 0.05) is 6.54 Å². The molecular formula is C8H10ClN5O. The Morgan fingerprint density at radius 1 is 1.47 bits per heavy atom. The molecule has 2 aromatic rings. The van der Waals surface area contributed by atoms with E-state index >= 15 is 0 Å². The predicted octanol–water partition coefficient (Wildman–Crippen LogP) is 0.365. The summed E-state index contributed by atoms with van der Waals surface area (Å²) >= 11 is 5.47. The average molecular weight is 228 g/mol. The molecule has 0 radical (unpaired) electrons. The standard InChI is InChI=1S/C8H10ClN5O/c9-1-5(15)2-10-7-6-8(12-3-11-6)14-4-13-7/h3-5,15H,1-2H2,(H2,10,11,12,13,14). The largest absolute Gasteiger partial charge is 0.390 e. The molecule has 6 nitrogen and oxygen atoms in total. The molecule has 0 saturated heterocycles. The Balaban J connectivity index is 2.17. The van der Waals surface area contributed by atoms with Crippen LogP contribution in [0.5, 0.6) is 0 Å². The van der Waals surface area contributed by atoms with E-state index in [1.54, 1.807) is 6.33 Å². The van der Waals surface area contributed by atoms with Crippen molar-refractivity contribution in [3.63, 3.8) is 0 Å². The van der Waals surface area contributed by atoms with E-state index in [1.165, 1.54) is 6.33 Å². The van der Waals surface area contributed by atoms with Gasteiger partial charge in [0.2, 0.25) is 0 Å². The van der Waals surface area contributed by atoms with Gasteiger partial charge in [-0.05, 0) is 0 Å². The van der Waals surface area contributed by atoms with Gasteiger partial charge in [-0.1, -0.05) is 0 Å². The van der Waals surface area contributed by atoms with E-state index in [-0.39, 0.29) is 5.88 Å². The number of nitrogens with one attached hydrogen (secondary N) is 2. The summed E-state index contributed by atoms with van der Waals surface area (Å²) in [5.74, 6) is 0.797. The van der Waals surface area contributed by atoms with Crippen molar-refractivity contribution in [1.29, 1.82) is 0 Å². The van der Waals surface area contributed by atoms with Gasteiger partial charge < -0.3 is 15.4 Å². The van der Waals surface area contributed by atoms with Crippen molar-refractivity contribution < 1.29 is 5.11 Å². The van der Waals surface area contributed by atoms with Crippen LogP contribution in [-0.2, 0) is 0 Å². The van der Waals surface area contributed by atoms with E-state index in [4.69, 9.17) is 11.6 Å². The van der Waals surface area contributed by atoms with Crippen molar-refractivity contribution >= 4 is 28.6 Å². The van der Waals surface area contributed by atoms with Crippen molar-refractivity contribution in [3.05, 3.63) is 12.7 Å². The number of rotatable bonds is 4. The fraction of sp³-hybridized carbons (Fsp3) is 0.375. The first kappa shape index (κ1) is 10.1. The SMILES string of the molecule is OC(CCl)CNc1ncnc2nc[nH]c12. The summed E-state index contributed by atoms with van der Waals surface area (Å²) < 4.78 is 0. The molecular weight excluding hydrogens is 218 g/mol. The molecule has 3 N–H and O–H groups in total. The number of halogens is 1. The molecule has 0 bridgehead atoms. The summed E-state index contributed by atoms with van der Waals surface area (Å²) in [6.45, 7) is 0.342. The number of H-pyrrole nitrogens is 1. The van der Waals surface area contributed by atoms with Gasteiger partial charge >= 0.3 is 0 Å². The highest BCUT2D eigenvalue weighted by atomic mass is 35.5. The van der Waals surface area contributed by atoms with Gasteiger partial charge in [-0.2, -0.15) is 0 Å². The van der Waals surface area contributed by atoms with Crippen LogP contribution < -0.4 is 5.32 Å². The van der Waals surface area contributed by atoms with Gasteiger partial charge in [-0.3, -0.25) is 0 Å². The summed E-state index contributed by atoms with van der Waals surface area (Å²) in [6.07, 6.45) is 2.36. The van der Waals surface area contributed by atoms with E-state index in [9.17, 15) is 5.11 Å². The van der Waals surface area contributed by atoms with E-state index in [0.29, 0.717) is 18.0 Å². The Kier molecular flexibility index (Phi) is 2.98. The molecule has 7 heteroatoms. The monoisotopic (exact) mass is 227 g/mol. The molecule has 80 valence electrons. The van der Waals surface area contributed by atoms with E-state index in [2.05, 4.69) is 25.3 Å². The van der Waals surface area contributed by atoms with Gasteiger partial charge in [0.25, 0.3) is 0 Å². The number of aromatic amines is 1. The molecule has 2 rings (SSSR count). The lowest BCUT2D eigenvalue weighted by Gasteiger charge is -2.08. The summed E-state index contributed by atoms with van der Waals surface area (Å²) in [5.41, 5.74) is 1.31. The van der Waals surface area contributed by atoms with E-state index in [0.717, 1.165) is 5.52 Å². The maximum Gasteiger partial charge on any atom is 0.182 e. The van der Waals surface area contributed by atoms with Crippen LogP contribution in [0, 0.1) is 0 Å². The minimum atomic E-state index is -0.598. The van der Waals surface area contributed by atoms with Crippen molar-refractivity contribution in [3.8, 4) is 0 Å². The number of aliphatic hydroxyl groups excluding tert-OH is 1. The molecule has 0 aliphatic rings. The zero-order valence-corrected chi connectivity index (χ0v) is 8.57. The number of aromatic nitrogens is 4. The Morgan fingerprint density at radius 3 is 3.13 bits per heavy atom. The Hall–Kier alpha value is -1.40. The number of nitrogens with zero attached hydrogens (tertiary/aromatic N) is 3. The average Bonchev–Trinajstić information content (AvgIpc) is 2.74. The van der Waals surface area contributed by atoms with Gasteiger partial charge in [0.15, 0.2) is 11.5 Å². The summed E-state index contributed by atoms with van der Waals surface area (Å²) in [4.78, 5) is 14.9. The minimum Gasteiger partial charge on any atom is -0.390 e. The van der Waals surface area contributed by atoms with Crippen LogP contribution in [0.15, 0.2) is 12.7 Å². The molecule has 0 aromatic carbocycles. The molecule has 2 aromatic heterocycles. The van der Waals surface area contributed by atoms with E-state index in [1.807, 2.05) is 0 Å². The number of imidazole rings is 1. The minimum absolute atomic E-state index is 0.185. The van der Waals surface area contributed by atoms with Gasteiger partial charge in [-0.25, -0.2) is 15.0 Å². The lowest BCUT2D eigenvalue weighted by Crippen LogP contribution is -2.21. The van der Waals surface area contributed by atoms with Crippen LogP contribution >= 0.6 is 11.6 Å². The molecule has 0 aliphatic heterocycles. The third kappa shape index (κ3) is 2.16. The highest BCUT2D eigenvalue weighted by molar-refractivity contribution is 6.18. The first-order valence-electron chi connectivity index (χ1n) is 4.43. The molecule has 0 fully saturated rings. The summed E-state index contributed by atoms with van der Waals surface area (Å²) in [7, 11) is 0. The predicted molar refractivity (Wildman–Crippen MR) is 56.9 cm³/mol. The van der Waals surface area contributed by atoms with Crippen LogP contribution in [0.4, 0.5) is 5.82 Å². The van der Waals surface area contributed by atoms with Gasteiger partial charge in [0.05, 0.1) is 18.3 Å². The third-order valence-electron chi connectivity index (χ3n) is 1.91. The molecule has 1 unspecified atom stereocenters. The fourth-order valence-corrected chi connectivity index (χ4v) is 1.28. The lowest BCUT2D eigenvalue weighted by atomic mass is 10.4. The zero-order chi connectivity index (χ0) is 10.7. The van der Waals surface area contributed by atoms with Crippen molar-refractivity contribution in [2.24, 2.45) is 0 Å². The number of anilines is 1. The van der Waals surface area contributed by atoms with Crippen molar-refractivity contribution in [2.75, 3.05) is 17.7 Å². The topological polar surface area (TPSA) is 86.7 Å². The molecule has 2 heterocycles. The Morgan fingerprint density at radius 2 is 2.33 bits per heavy atom. The van der Waals surface area contributed by atoms with Crippen LogP contribution in [0.1, 0.15) is 0 Å². The molecule has 0 saturated carbocycles. The fourth-order valence-electron chi connectivity index (χ4n) is 1.17. The molecule has 0 amide bonds. The van der Waals surface area contributed by atoms with Crippen molar-refractivity contribution in [1.82, 2.24) is 19.9 Å². The Labute approximate surface area is 90.7 Å². The zero-order valence-electron chi connectivity index (χ0n) is 7.81. The number of hydrogen-bond donors (Lipinski definition) is 3. The lowest BCUT2D eigenvalue weighted by molar-refractivity contribution is 0.211. The van der Waals surface area contributed by atoms with Crippen LogP contribution in [0.25, 0.3) is 11.2 Å². The molecule has 0 spiro atoms. The first-order valence-corrected chi connectivity index (χ1v) is 4.96. The van der Waals surface area contributed by atoms with Gasteiger partial charge in [-0.15, -0.1) is 11.6 Å². The molecule has 15 heavy (non-hydrogen) atoms. The Bertz CT molecular complexity index is 445. The van der Waals surface area contributed by atoms with Gasteiger partial charge in [0.1, 0.15) is 11.8 Å². The van der Waals surface area contributed by atoms with Crippen LogP contribution in [0.3, 0.4) is 0 Å². The number of alkyl halides is 1. The summed E-state index contributed by atoms with van der Waals surface area (Å²) in [6, 6.07) is 0. The number of hydrogen-bond acceptors (Lipinski definition) is 5. The first-order chi connectivity index (χ1) is 7.31. The maximum atomic E-state index is 9.28. The molecule has 1 atom stereocenters. The smallest absolute Gasteiger partial charge is 0.182 e. The van der Waals surface area contributed by atoms with Crippen LogP contribution in [0.2, 0.25) is 0 Å². The normalized spacial score (nSPS) is 12.9. The van der Waals surface area contributed by atoms with Crippen LogP contribution in [-0.4, -0.2) is 43.6 Å². The van der Waals surface area contributed by atoms with Crippen molar-refractivity contribution in [2.45, 2.75) is 6.10 Å². The highest BCUT2D eigenvalue weighted by Gasteiger charge is 2.07. The second-order valence-electron chi connectivity index (χ2n) is 3.01. The summed E-state index contributed by atoms with van der Waals surface area (Å²) in [5, 5.41) is 12.2. The number of aliphatic hydroxyl groups is 1.